The molecule has 0 fully saturated rings. The molecule has 3 N–H and O–H groups in total. The van der Waals surface area contributed by atoms with E-state index in [4.69, 9.17) is 10.0 Å². The smallest absolute Gasteiger partial charge is 0.274 e. The van der Waals surface area contributed by atoms with Crippen molar-refractivity contribution in [2.45, 2.75) is 33.1 Å². The summed E-state index contributed by atoms with van der Waals surface area (Å²) in [6.07, 6.45) is 1.41. The van der Waals surface area contributed by atoms with Gasteiger partial charge in [0.1, 0.15) is 0 Å². The van der Waals surface area contributed by atoms with E-state index in [-0.39, 0.29) is 12.3 Å². The van der Waals surface area contributed by atoms with Crippen LogP contribution < -0.4 is 11.0 Å². The molecular formula is C14H20N2O4. The second-order valence-corrected chi connectivity index (χ2v) is 4.65. The first-order valence-corrected chi connectivity index (χ1v) is 6.46. The van der Waals surface area contributed by atoms with E-state index < -0.39 is 5.91 Å². The van der Waals surface area contributed by atoms with Gasteiger partial charge in [0.05, 0.1) is 6.61 Å². The van der Waals surface area contributed by atoms with Crippen molar-refractivity contribution < 1.29 is 19.6 Å². The number of unbranched alkanes of at least 4 members (excludes halogenated alkanes) is 1. The minimum atomic E-state index is -0.427. The topological polar surface area (TPSA) is 87.7 Å². The van der Waals surface area contributed by atoms with E-state index >= 15 is 0 Å². The van der Waals surface area contributed by atoms with Crippen molar-refractivity contribution in [2.24, 2.45) is 0 Å². The number of rotatable bonds is 7. The summed E-state index contributed by atoms with van der Waals surface area (Å²) in [5, 5.41) is 8.29. The maximum Gasteiger partial charge on any atom is 0.274 e. The van der Waals surface area contributed by atoms with Crippen LogP contribution in [0.3, 0.4) is 0 Å². The first-order valence-electron chi connectivity index (χ1n) is 6.46. The van der Waals surface area contributed by atoms with Crippen LogP contribution in [-0.2, 0) is 9.63 Å². The fourth-order valence-electron chi connectivity index (χ4n) is 1.80. The first kappa shape index (κ1) is 16.1. The molecule has 0 aliphatic carbocycles. The van der Waals surface area contributed by atoms with Crippen LogP contribution in [0.5, 0.6) is 0 Å². The summed E-state index contributed by atoms with van der Waals surface area (Å²) in [5.41, 5.74) is 6.52. The van der Waals surface area contributed by atoms with Gasteiger partial charge in [0.25, 0.3) is 5.91 Å². The van der Waals surface area contributed by atoms with Crippen LogP contribution in [0.2, 0.25) is 0 Å². The third kappa shape index (κ3) is 5.81. The number of hydrogen-bond donors (Lipinski definition) is 3. The predicted octanol–water partition coefficient (Wildman–Crippen LogP) is 1.64. The molecule has 0 bridgehead atoms. The summed E-state index contributed by atoms with van der Waals surface area (Å²) in [6, 6.07) is 5.57. The summed E-state index contributed by atoms with van der Waals surface area (Å²) in [6.45, 7) is 4.17. The maximum atomic E-state index is 11.8. The Kier molecular flexibility index (Phi) is 6.69. The monoisotopic (exact) mass is 280 g/mol. The van der Waals surface area contributed by atoms with Gasteiger partial charge in [-0.05, 0) is 38.8 Å². The molecule has 0 aliphatic heterocycles. The highest BCUT2D eigenvalue weighted by Crippen LogP contribution is 2.08. The second-order valence-electron chi connectivity index (χ2n) is 4.65. The average molecular weight is 280 g/mol. The molecule has 0 saturated heterocycles. The molecule has 0 atom stereocenters. The van der Waals surface area contributed by atoms with E-state index in [1.54, 1.807) is 17.6 Å². The van der Waals surface area contributed by atoms with Crippen molar-refractivity contribution >= 4 is 11.8 Å². The second kappa shape index (κ2) is 8.29. The normalized spacial score (nSPS) is 10.2. The number of amides is 2. The number of carbonyl (C=O) groups excluding carboxylic acids is 2. The lowest BCUT2D eigenvalue weighted by atomic mass is 10.1. The lowest BCUT2D eigenvalue weighted by molar-refractivity contribution is -0.129. The molecule has 0 aromatic heterocycles. The van der Waals surface area contributed by atoms with Gasteiger partial charge in [0.2, 0.25) is 5.91 Å². The number of benzene rings is 1. The predicted molar refractivity (Wildman–Crippen MR) is 73.1 cm³/mol. The summed E-state index contributed by atoms with van der Waals surface area (Å²) < 4.78 is 0. The standard InChI is InChI=1S/C14H20N2O4/c1-10-7-11(2)9-12(8-10)14(18)16-20-6-4-3-5-13(17)15-19/h7-9,19H,3-6H2,1-2H3,(H,15,17)(H,16,18). The van der Waals surface area contributed by atoms with Gasteiger partial charge in [0.15, 0.2) is 0 Å². The van der Waals surface area contributed by atoms with Crippen molar-refractivity contribution in [3.63, 3.8) is 0 Å². The Morgan fingerprint density at radius 1 is 1.15 bits per heavy atom. The summed E-state index contributed by atoms with van der Waals surface area (Å²) >= 11 is 0. The molecule has 6 heteroatoms. The van der Waals surface area contributed by atoms with Crippen molar-refractivity contribution in [1.29, 1.82) is 0 Å². The number of hydrogen-bond acceptors (Lipinski definition) is 4. The van der Waals surface area contributed by atoms with Gasteiger partial charge < -0.3 is 0 Å². The zero-order valence-corrected chi connectivity index (χ0v) is 11.7. The number of nitrogens with one attached hydrogen (secondary N) is 2. The molecule has 0 aliphatic rings. The van der Waals surface area contributed by atoms with E-state index in [2.05, 4.69) is 5.48 Å². The molecule has 20 heavy (non-hydrogen) atoms. The highest BCUT2D eigenvalue weighted by Gasteiger charge is 2.06. The quantitative estimate of drug-likeness (QED) is 0.402. The lowest BCUT2D eigenvalue weighted by Gasteiger charge is -2.07. The summed E-state index contributed by atoms with van der Waals surface area (Å²) in [5.74, 6) is -0.714. The maximum absolute atomic E-state index is 11.8. The molecule has 1 aromatic carbocycles. The molecule has 0 spiro atoms. The molecule has 0 saturated carbocycles. The molecule has 1 aromatic rings. The van der Waals surface area contributed by atoms with Gasteiger partial charge in [-0.15, -0.1) is 0 Å². The number of aryl methyl sites for hydroxylation is 2. The van der Waals surface area contributed by atoms with Crippen LogP contribution in [0, 0.1) is 13.8 Å². The van der Waals surface area contributed by atoms with E-state index in [0.29, 0.717) is 25.0 Å². The molecule has 2 amide bonds. The largest absolute Gasteiger partial charge is 0.289 e. The summed E-state index contributed by atoms with van der Waals surface area (Å²) in [7, 11) is 0. The Balaban J connectivity index is 2.25. The molecule has 6 nitrogen and oxygen atoms in total. The van der Waals surface area contributed by atoms with E-state index in [0.717, 1.165) is 11.1 Å². The molecule has 0 heterocycles. The van der Waals surface area contributed by atoms with Crippen molar-refractivity contribution in [2.75, 3.05) is 6.61 Å². The van der Waals surface area contributed by atoms with Crippen LogP contribution in [0.4, 0.5) is 0 Å². The van der Waals surface area contributed by atoms with Crippen molar-refractivity contribution in [3.05, 3.63) is 34.9 Å². The minimum absolute atomic E-state index is 0.227. The average Bonchev–Trinajstić information content (AvgIpc) is 2.40. The van der Waals surface area contributed by atoms with Crippen LogP contribution >= 0.6 is 0 Å². The van der Waals surface area contributed by atoms with E-state index in [9.17, 15) is 9.59 Å². The molecular weight excluding hydrogens is 260 g/mol. The lowest BCUT2D eigenvalue weighted by Crippen LogP contribution is -2.24. The van der Waals surface area contributed by atoms with Gasteiger partial charge in [0, 0.05) is 12.0 Å². The Hall–Kier alpha value is -1.92. The van der Waals surface area contributed by atoms with Crippen LogP contribution in [0.1, 0.15) is 40.7 Å². The fourth-order valence-corrected chi connectivity index (χ4v) is 1.80. The van der Waals surface area contributed by atoms with Crippen LogP contribution in [0.25, 0.3) is 0 Å². The SMILES string of the molecule is Cc1cc(C)cc(C(=O)NOCCCCC(=O)NO)c1. The minimum Gasteiger partial charge on any atom is -0.289 e. The van der Waals surface area contributed by atoms with E-state index in [1.807, 2.05) is 19.9 Å². The molecule has 110 valence electrons. The molecule has 0 radical (unpaired) electrons. The van der Waals surface area contributed by atoms with Gasteiger partial charge in [-0.25, -0.2) is 11.0 Å². The van der Waals surface area contributed by atoms with Gasteiger partial charge in [-0.2, -0.15) is 0 Å². The van der Waals surface area contributed by atoms with Crippen LogP contribution in [-0.4, -0.2) is 23.6 Å². The Morgan fingerprint density at radius 2 is 1.80 bits per heavy atom. The number of hydroxylamine groups is 2. The Bertz CT molecular complexity index is 454. The fraction of sp³-hybridized carbons (Fsp3) is 0.429. The Morgan fingerprint density at radius 3 is 2.40 bits per heavy atom. The highest BCUT2D eigenvalue weighted by atomic mass is 16.6. The highest BCUT2D eigenvalue weighted by molar-refractivity contribution is 5.93. The van der Waals surface area contributed by atoms with Crippen LogP contribution in [0.15, 0.2) is 18.2 Å². The first-order chi connectivity index (χ1) is 9.52. The molecule has 1 rings (SSSR count). The third-order valence-corrected chi connectivity index (χ3v) is 2.67. The van der Waals surface area contributed by atoms with Gasteiger partial charge in [-0.1, -0.05) is 17.2 Å². The van der Waals surface area contributed by atoms with E-state index in [1.165, 1.54) is 0 Å². The Labute approximate surface area is 118 Å². The van der Waals surface area contributed by atoms with Gasteiger partial charge in [-0.3, -0.25) is 19.6 Å². The third-order valence-electron chi connectivity index (χ3n) is 2.67. The molecule has 0 unspecified atom stereocenters. The zero-order chi connectivity index (χ0) is 15.0. The summed E-state index contributed by atoms with van der Waals surface area (Å²) in [4.78, 5) is 27.6. The zero-order valence-electron chi connectivity index (χ0n) is 11.7. The van der Waals surface area contributed by atoms with Crippen molar-refractivity contribution in [3.8, 4) is 0 Å². The van der Waals surface area contributed by atoms with Crippen molar-refractivity contribution in [1.82, 2.24) is 11.0 Å². The van der Waals surface area contributed by atoms with Gasteiger partial charge >= 0.3 is 0 Å². The number of carbonyl (C=O) groups is 2.